The van der Waals surface area contributed by atoms with Crippen molar-refractivity contribution in [3.05, 3.63) is 59.3 Å². The van der Waals surface area contributed by atoms with Gasteiger partial charge in [-0.15, -0.1) is 0 Å². The molecule has 8 nitrogen and oxygen atoms in total. The Morgan fingerprint density at radius 3 is 2.64 bits per heavy atom. The maximum Gasteiger partial charge on any atom is 0.435 e. The average molecular weight is 455 g/mol. The molecule has 1 aliphatic carbocycles. The van der Waals surface area contributed by atoms with Crippen LogP contribution >= 0.6 is 0 Å². The molecular formula is C22H20F3N7O. The highest BCUT2D eigenvalue weighted by Crippen LogP contribution is 2.36. The number of anilines is 2. The fourth-order valence-electron chi connectivity index (χ4n) is 4.36. The number of carbonyl (C=O) groups excluding carboxylic acids is 1. The Hall–Kier alpha value is -3.89. The third-order valence-corrected chi connectivity index (χ3v) is 5.84. The van der Waals surface area contributed by atoms with Crippen LogP contribution in [0, 0.1) is 0 Å². The Labute approximate surface area is 186 Å². The third kappa shape index (κ3) is 3.69. The van der Waals surface area contributed by atoms with Gasteiger partial charge in [0.2, 0.25) is 5.91 Å². The van der Waals surface area contributed by atoms with Crippen molar-refractivity contribution in [3.8, 4) is 5.69 Å². The number of nitrogens with two attached hydrogens (primary N) is 1. The lowest BCUT2D eigenvalue weighted by Crippen LogP contribution is -2.16. The fourth-order valence-corrected chi connectivity index (χ4v) is 4.36. The number of fused-ring (bicyclic) bond motifs is 3. The lowest BCUT2D eigenvalue weighted by atomic mass is 10.2. The van der Waals surface area contributed by atoms with E-state index in [1.54, 1.807) is 12.1 Å². The lowest BCUT2D eigenvalue weighted by molar-refractivity contribution is -0.141. The van der Waals surface area contributed by atoms with Crippen LogP contribution in [0.5, 0.6) is 0 Å². The van der Waals surface area contributed by atoms with Crippen molar-refractivity contribution in [1.29, 1.82) is 0 Å². The van der Waals surface area contributed by atoms with E-state index in [-0.39, 0.29) is 12.1 Å². The van der Waals surface area contributed by atoms with Crippen LogP contribution in [-0.2, 0) is 37.3 Å². The summed E-state index contributed by atoms with van der Waals surface area (Å²) in [4.78, 5) is 21.0. The number of hydrogen-bond donors (Lipinski definition) is 2. The minimum absolute atomic E-state index is 0.168. The van der Waals surface area contributed by atoms with Crippen molar-refractivity contribution in [3.63, 3.8) is 0 Å². The maximum absolute atomic E-state index is 12.8. The van der Waals surface area contributed by atoms with Crippen LogP contribution in [0.3, 0.4) is 0 Å². The van der Waals surface area contributed by atoms with E-state index >= 15 is 0 Å². The molecule has 11 heteroatoms. The first-order valence-corrected chi connectivity index (χ1v) is 10.4. The molecule has 0 fully saturated rings. The molecule has 0 saturated carbocycles. The van der Waals surface area contributed by atoms with Gasteiger partial charge in [0.25, 0.3) is 0 Å². The van der Waals surface area contributed by atoms with Crippen LogP contribution in [-0.4, -0.2) is 30.2 Å². The molecule has 3 aromatic heterocycles. The molecule has 4 aromatic rings. The summed E-state index contributed by atoms with van der Waals surface area (Å²) in [5.74, 6) is -0.0365. The predicted octanol–water partition coefficient (Wildman–Crippen LogP) is 3.42. The number of aromatic nitrogens is 5. The summed E-state index contributed by atoms with van der Waals surface area (Å²) < 4.78 is 41.6. The van der Waals surface area contributed by atoms with Gasteiger partial charge < -0.3 is 15.6 Å². The van der Waals surface area contributed by atoms with Gasteiger partial charge in [0, 0.05) is 29.8 Å². The number of rotatable bonds is 4. The van der Waals surface area contributed by atoms with Gasteiger partial charge in [0.1, 0.15) is 11.8 Å². The Morgan fingerprint density at radius 2 is 1.94 bits per heavy atom. The van der Waals surface area contributed by atoms with Crippen molar-refractivity contribution in [2.24, 2.45) is 7.05 Å². The highest BCUT2D eigenvalue weighted by atomic mass is 19.4. The monoisotopic (exact) mass is 455 g/mol. The van der Waals surface area contributed by atoms with E-state index in [2.05, 4.69) is 25.0 Å². The predicted molar refractivity (Wildman–Crippen MR) is 116 cm³/mol. The number of aryl methyl sites for hydroxylation is 2. The van der Waals surface area contributed by atoms with Crippen molar-refractivity contribution in [2.75, 3.05) is 11.1 Å². The van der Waals surface area contributed by atoms with Crippen LogP contribution in [0.25, 0.3) is 16.7 Å². The second-order valence-electron chi connectivity index (χ2n) is 7.98. The third-order valence-electron chi connectivity index (χ3n) is 5.84. The molecule has 0 aliphatic heterocycles. The molecule has 1 aromatic carbocycles. The number of nitrogens with one attached hydrogen (secondary N) is 1. The number of benzene rings is 1. The second-order valence-corrected chi connectivity index (χ2v) is 7.98. The summed E-state index contributed by atoms with van der Waals surface area (Å²) >= 11 is 0. The van der Waals surface area contributed by atoms with Crippen molar-refractivity contribution < 1.29 is 18.0 Å². The summed E-state index contributed by atoms with van der Waals surface area (Å²) in [6, 6.07) is 8.07. The normalized spacial score (nSPS) is 13.5. The first-order valence-electron chi connectivity index (χ1n) is 10.4. The first kappa shape index (κ1) is 21.0. The molecule has 0 atom stereocenters. The van der Waals surface area contributed by atoms with Crippen LogP contribution in [0.15, 0.2) is 36.7 Å². The number of nitrogens with zero attached hydrogens (tertiary/aromatic N) is 5. The minimum Gasteiger partial charge on any atom is -0.382 e. The smallest absolute Gasteiger partial charge is 0.382 e. The van der Waals surface area contributed by atoms with E-state index in [1.165, 1.54) is 18.9 Å². The van der Waals surface area contributed by atoms with Crippen LogP contribution in [0.2, 0.25) is 0 Å². The van der Waals surface area contributed by atoms with Gasteiger partial charge in [0.15, 0.2) is 11.5 Å². The quantitative estimate of drug-likeness (QED) is 0.491. The molecule has 0 spiro atoms. The summed E-state index contributed by atoms with van der Waals surface area (Å²) in [5, 5.41) is 6.15. The van der Waals surface area contributed by atoms with E-state index in [9.17, 15) is 18.0 Å². The molecule has 170 valence electrons. The van der Waals surface area contributed by atoms with Gasteiger partial charge in [-0.05, 0) is 55.2 Å². The SMILES string of the molecule is Cn1nc(C(F)(F)F)cc1CC(=O)Nc1ccc(-n2c3c(c4ncnc(N)c42)CCC3)cc1. The highest BCUT2D eigenvalue weighted by molar-refractivity contribution is 5.93. The number of alkyl halides is 3. The number of nitrogen functional groups attached to an aromatic ring is 1. The average Bonchev–Trinajstić information content (AvgIpc) is 3.44. The van der Waals surface area contributed by atoms with Crippen molar-refractivity contribution in [1.82, 2.24) is 24.3 Å². The molecule has 1 amide bonds. The summed E-state index contributed by atoms with van der Waals surface area (Å²) in [7, 11) is 1.38. The van der Waals surface area contributed by atoms with Gasteiger partial charge in [0.05, 0.1) is 11.9 Å². The van der Waals surface area contributed by atoms with Crippen LogP contribution in [0.1, 0.15) is 29.1 Å². The zero-order valence-electron chi connectivity index (χ0n) is 17.6. The summed E-state index contributed by atoms with van der Waals surface area (Å²) in [5.41, 5.74) is 10.7. The summed E-state index contributed by atoms with van der Waals surface area (Å²) in [6.07, 6.45) is -0.422. The van der Waals surface area contributed by atoms with E-state index in [1.807, 2.05) is 12.1 Å². The maximum atomic E-state index is 12.8. The first-order chi connectivity index (χ1) is 15.7. The molecule has 33 heavy (non-hydrogen) atoms. The van der Waals surface area contributed by atoms with E-state index < -0.39 is 17.8 Å². The molecule has 3 N–H and O–H groups in total. The fraction of sp³-hybridized carbons (Fsp3) is 0.273. The lowest BCUT2D eigenvalue weighted by Gasteiger charge is -2.12. The Balaban J connectivity index is 1.37. The van der Waals surface area contributed by atoms with E-state index in [0.29, 0.717) is 11.5 Å². The molecule has 0 saturated heterocycles. The zero-order chi connectivity index (χ0) is 23.3. The molecular weight excluding hydrogens is 435 g/mol. The number of carbonyl (C=O) groups is 1. The molecule has 0 unspecified atom stereocenters. The number of hydrogen-bond acceptors (Lipinski definition) is 5. The van der Waals surface area contributed by atoms with Gasteiger partial charge >= 0.3 is 6.18 Å². The highest BCUT2D eigenvalue weighted by Gasteiger charge is 2.34. The molecule has 0 radical (unpaired) electrons. The van der Waals surface area contributed by atoms with Gasteiger partial charge in [-0.2, -0.15) is 18.3 Å². The van der Waals surface area contributed by atoms with E-state index in [4.69, 9.17) is 5.73 Å². The number of amides is 1. The minimum atomic E-state index is -4.56. The van der Waals surface area contributed by atoms with Crippen molar-refractivity contribution >= 4 is 28.4 Å². The van der Waals surface area contributed by atoms with E-state index in [0.717, 1.165) is 52.4 Å². The van der Waals surface area contributed by atoms with Gasteiger partial charge in [-0.3, -0.25) is 9.48 Å². The summed E-state index contributed by atoms with van der Waals surface area (Å²) in [6.45, 7) is 0. The topological polar surface area (TPSA) is 104 Å². The Kier molecular flexibility index (Phi) is 4.84. The molecule has 5 rings (SSSR count). The Morgan fingerprint density at radius 1 is 1.18 bits per heavy atom. The second kappa shape index (κ2) is 7.61. The van der Waals surface area contributed by atoms with Gasteiger partial charge in [-0.1, -0.05) is 0 Å². The van der Waals surface area contributed by atoms with Crippen LogP contribution in [0.4, 0.5) is 24.7 Å². The van der Waals surface area contributed by atoms with Crippen molar-refractivity contribution in [2.45, 2.75) is 31.9 Å². The molecule has 1 aliphatic rings. The zero-order valence-corrected chi connectivity index (χ0v) is 17.6. The number of halogens is 3. The van der Waals surface area contributed by atoms with Crippen LogP contribution < -0.4 is 11.1 Å². The molecule has 3 heterocycles. The largest absolute Gasteiger partial charge is 0.435 e. The Bertz CT molecular complexity index is 1370. The van der Waals surface area contributed by atoms with Gasteiger partial charge in [-0.25, -0.2) is 9.97 Å². The standard InChI is InChI=1S/C22H20F3N7O/c1-31-14(9-17(30-31)22(23,24)25)10-18(33)29-12-5-7-13(8-6-12)32-16-4-2-3-15(16)19-20(32)21(26)28-11-27-19/h5-9,11H,2-4,10H2,1H3,(H,29,33)(H2,26,27,28). The molecule has 0 bridgehead atoms.